The van der Waals surface area contributed by atoms with E-state index in [1.807, 2.05) is 0 Å². The Morgan fingerprint density at radius 3 is 3.14 bits per heavy atom. The third kappa shape index (κ3) is 1.33. The number of ether oxygens (including phenoxy) is 1. The number of hydrogen-bond acceptors (Lipinski definition) is 3. The molecule has 4 nitrogen and oxygen atoms in total. The molecule has 0 aliphatic heterocycles. The van der Waals surface area contributed by atoms with E-state index in [0.29, 0.717) is 16.2 Å². The van der Waals surface area contributed by atoms with Crippen LogP contribution in [0.4, 0.5) is 0 Å². The molecule has 0 aliphatic rings. The van der Waals surface area contributed by atoms with Gasteiger partial charge in [0, 0.05) is 6.20 Å². The first kappa shape index (κ1) is 9.02. The predicted molar refractivity (Wildman–Crippen MR) is 51.5 cm³/mol. The number of imidazole rings is 1. The van der Waals surface area contributed by atoms with E-state index in [1.54, 1.807) is 29.1 Å². The van der Waals surface area contributed by atoms with Crippen molar-refractivity contribution in [3.05, 3.63) is 35.4 Å². The highest BCUT2D eigenvalue weighted by atomic mass is 35.5. The number of pyridine rings is 1. The van der Waals surface area contributed by atoms with Crippen molar-refractivity contribution in [2.45, 2.75) is 0 Å². The van der Waals surface area contributed by atoms with Gasteiger partial charge in [0.05, 0.1) is 18.2 Å². The fourth-order valence-electron chi connectivity index (χ4n) is 1.20. The quantitative estimate of drug-likeness (QED) is 0.674. The maximum atomic E-state index is 11.2. The van der Waals surface area contributed by atoms with Gasteiger partial charge >= 0.3 is 5.97 Å². The number of fused-ring (bicyclic) bond motifs is 1. The van der Waals surface area contributed by atoms with Crippen LogP contribution in [0.15, 0.2) is 24.7 Å². The molecule has 14 heavy (non-hydrogen) atoms. The molecule has 2 rings (SSSR count). The lowest BCUT2D eigenvalue weighted by Gasteiger charge is -1.99. The molecule has 0 unspecified atom stereocenters. The van der Waals surface area contributed by atoms with Crippen LogP contribution in [0.3, 0.4) is 0 Å². The van der Waals surface area contributed by atoms with Gasteiger partial charge in [0.1, 0.15) is 6.33 Å². The third-order valence-corrected chi connectivity index (χ3v) is 2.20. The van der Waals surface area contributed by atoms with Crippen LogP contribution in [-0.2, 0) is 4.74 Å². The Morgan fingerprint density at radius 1 is 1.64 bits per heavy atom. The van der Waals surface area contributed by atoms with E-state index >= 15 is 0 Å². The zero-order valence-corrected chi connectivity index (χ0v) is 8.15. The molecule has 0 aliphatic carbocycles. The van der Waals surface area contributed by atoms with Gasteiger partial charge in [-0.05, 0) is 12.1 Å². The van der Waals surface area contributed by atoms with Gasteiger partial charge in [0.15, 0.2) is 5.15 Å². The summed E-state index contributed by atoms with van der Waals surface area (Å²) in [6.45, 7) is 0. The molecule has 0 bridgehead atoms. The number of aromatic nitrogens is 2. The summed E-state index contributed by atoms with van der Waals surface area (Å²) in [7, 11) is 1.34. The lowest BCUT2D eigenvalue weighted by molar-refractivity contribution is 0.0601. The van der Waals surface area contributed by atoms with Gasteiger partial charge < -0.3 is 9.14 Å². The number of methoxy groups -OCH3 is 1. The van der Waals surface area contributed by atoms with E-state index in [0.717, 1.165) is 0 Å². The Hall–Kier alpha value is -1.55. The summed E-state index contributed by atoms with van der Waals surface area (Å²) in [6.07, 6.45) is 3.29. The van der Waals surface area contributed by atoms with E-state index in [2.05, 4.69) is 9.72 Å². The van der Waals surface area contributed by atoms with Crippen molar-refractivity contribution < 1.29 is 9.53 Å². The number of rotatable bonds is 1. The summed E-state index contributed by atoms with van der Waals surface area (Å²) in [5.41, 5.74) is 1.15. The monoisotopic (exact) mass is 210 g/mol. The minimum atomic E-state index is -0.384. The Labute approximate surface area is 85.1 Å². The second-order valence-electron chi connectivity index (χ2n) is 2.73. The maximum absolute atomic E-state index is 11.2. The zero-order chi connectivity index (χ0) is 10.1. The van der Waals surface area contributed by atoms with Crippen LogP contribution in [0.1, 0.15) is 10.4 Å². The second-order valence-corrected chi connectivity index (χ2v) is 3.09. The van der Waals surface area contributed by atoms with Crippen molar-refractivity contribution >= 4 is 23.1 Å². The lowest BCUT2D eigenvalue weighted by Crippen LogP contribution is -2.01. The van der Waals surface area contributed by atoms with Crippen LogP contribution in [0.5, 0.6) is 0 Å². The minimum absolute atomic E-state index is 0.371. The molecular weight excluding hydrogens is 204 g/mol. The van der Waals surface area contributed by atoms with Gasteiger partial charge in [-0.15, -0.1) is 0 Å². The van der Waals surface area contributed by atoms with Crippen molar-refractivity contribution in [2.75, 3.05) is 7.11 Å². The van der Waals surface area contributed by atoms with Gasteiger partial charge in [-0.3, -0.25) is 0 Å². The summed E-state index contributed by atoms with van der Waals surface area (Å²) in [5, 5.41) is 0.371. The summed E-state index contributed by atoms with van der Waals surface area (Å²) in [4.78, 5) is 15.1. The largest absolute Gasteiger partial charge is 0.465 e. The highest BCUT2D eigenvalue weighted by molar-refractivity contribution is 6.32. The molecule has 0 spiro atoms. The molecule has 5 heteroatoms. The summed E-state index contributed by atoms with van der Waals surface area (Å²) >= 11 is 5.81. The first-order chi connectivity index (χ1) is 6.72. The first-order valence-corrected chi connectivity index (χ1v) is 4.30. The van der Waals surface area contributed by atoms with E-state index in [9.17, 15) is 4.79 Å². The summed E-state index contributed by atoms with van der Waals surface area (Å²) in [5.74, 6) is -0.384. The van der Waals surface area contributed by atoms with E-state index in [4.69, 9.17) is 11.6 Å². The predicted octanol–water partition coefficient (Wildman–Crippen LogP) is 1.77. The van der Waals surface area contributed by atoms with Crippen LogP contribution in [0.25, 0.3) is 5.52 Å². The average Bonchev–Trinajstić information content (AvgIpc) is 2.59. The number of esters is 1. The highest BCUT2D eigenvalue weighted by Gasteiger charge is 2.08. The molecule has 0 saturated heterocycles. The Balaban J connectivity index is 2.60. The Kier molecular flexibility index (Phi) is 2.13. The van der Waals surface area contributed by atoms with Crippen molar-refractivity contribution in [2.24, 2.45) is 0 Å². The van der Waals surface area contributed by atoms with Gasteiger partial charge in [0.25, 0.3) is 0 Å². The number of hydrogen-bond donors (Lipinski definition) is 0. The maximum Gasteiger partial charge on any atom is 0.337 e. The van der Waals surface area contributed by atoms with E-state index < -0.39 is 0 Å². The van der Waals surface area contributed by atoms with Crippen LogP contribution in [0.2, 0.25) is 5.15 Å². The molecule has 2 heterocycles. The molecular formula is C9H7ClN2O2. The van der Waals surface area contributed by atoms with Crippen LogP contribution < -0.4 is 0 Å². The number of carbonyl (C=O) groups excluding carboxylic acids is 1. The second kappa shape index (κ2) is 3.31. The lowest BCUT2D eigenvalue weighted by atomic mass is 10.2. The molecule has 2 aromatic rings. The highest BCUT2D eigenvalue weighted by Crippen LogP contribution is 2.16. The Morgan fingerprint density at radius 2 is 2.43 bits per heavy atom. The molecule has 0 fully saturated rings. The van der Waals surface area contributed by atoms with Gasteiger partial charge in [-0.2, -0.15) is 0 Å². The molecule has 0 atom stereocenters. The molecule has 0 N–H and O–H groups in total. The number of nitrogens with zero attached hydrogens (tertiary/aromatic N) is 2. The van der Waals surface area contributed by atoms with Crippen molar-refractivity contribution in [1.82, 2.24) is 9.38 Å². The SMILES string of the molecule is COC(=O)c1ccn2cnc(Cl)c2c1. The average molecular weight is 211 g/mol. The first-order valence-electron chi connectivity index (χ1n) is 3.93. The molecule has 0 radical (unpaired) electrons. The molecule has 2 aromatic heterocycles. The minimum Gasteiger partial charge on any atom is -0.465 e. The van der Waals surface area contributed by atoms with Crippen LogP contribution in [-0.4, -0.2) is 22.5 Å². The Bertz CT molecular complexity index is 493. The molecule has 0 aromatic carbocycles. The number of halogens is 1. The fraction of sp³-hybridized carbons (Fsp3) is 0.111. The van der Waals surface area contributed by atoms with Gasteiger partial charge in [-0.25, -0.2) is 9.78 Å². The van der Waals surface area contributed by atoms with Crippen LogP contribution in [0, 0.1) is 0 Å². The van der Waals surface area contributed by atoms with Crippen molar-refractivity contribution in [1.29, 1.82) is 0 Å². The molecule has 72 valence electrons. The van der Waals surface area contributed by atoms with E-state index in [1.165, 1.54) is 7.11 Å². The normalized spacial score (nSPS) is 10.4. The smallest absolute Gasteiger partial charge is 0.337 e. The van der Waals surface area contributed by atoms with Gasteiger partial charge in [-0.1, -0.05) is 11.6 Å². The fourth-order valence-corrected chi connectivity index (χ4v) is 1.40. The number of carbonyl (C=O) groups is 1. The van der Waals surface area contributed by atoms with Crippen LogP contribution >= 0.6 is 11.6 Å². The van der Waals surface area contributed by atoms with Crippen molar-refractivity contribution in [3.8, 4) is 0 Å². The van der Waals surface area contributed by atoms with E-state index in [-0.39, 0.29) is 5.97 Å². The van der Waals surface area contributed by atoms with Crippen molar-refractivity contribution in [3.63, 3.8) is 0 Å². The molecule has 0 saturated carbocycles. The molecule has 0 amide bonds. The summed E-state index contributed by atoms with van der Waals surface area (Å²) in [6, 6.07) is 3.29. The topological polar surface area (TPSA) is 43.6 Å². The van der Waals surface area contributed by atoms with Gasteiger partial charge in [0.2, 0.25) is 0 Å². The third-order valence-electron chi connectivity index (χ3n) is 1.91. The standard InChI is InChI=1S/C9H7ClN2O2/c1-14-9(13)6-2-3-12-5-11-8(10)7(12)4-6/h2-5H,1H3. The zero-order valence-electron chi connectivity index (χ0n) is 7.40. The summed E-state index contributed by atoms with van der Waals surface area (Å²) < 4.78 is 6.32.